The van der Waals surface area contributed by atoms with Crippen LogP contribution in [0.5, 0.6) is 5.75 Å². The van der Waals surface area contributed by atoms with Crippen molar-refractivity contribution in [3.05, 3.63) is 67.8 Å². The SMILES string of the molecule is COc1ccc(/C=N\NC(=O)c2n[nH]c3c2CCC3)cc1Cn1nc(C)c([N+](=O)[O-])c1C. The van der Waals surface area contributed by atoms with Crippen molar-refractivity contribution in [1.82, 2.24) is 25.4 Å². The van der Waals surface area contributed by atoms with Gasteiger partial charge in [-0.1, -0.05) is 0 Å². The molecule has 11 heteroatoms. The van der Waals surface area contributed by atoms with Gasteiger partial charge in [0.2, 0.25) is 0 Å². The maximum Gasteiger partial charge on any atom is 0.312 e. The number of amides is 1. The van der Waals surface area contributed by atoms with Crippen molar-refractivity contribution >= 4 is 17.8 Å². The normalized spacial score (nSPS) is 12.8. The maximum absolute atomic E-state index is 12.4. The Kier molecular flexibility index (Phi) is 5.71. The highest BCUT2D eigenvalue weighted by atomic mass is 16.6. The van der Waals surface area contributed by atoms with Gasteiger partial charge in [0.1, 0.15) is 17.1 Å². The molecule has 0 bridgehead atoms. The third-order valence-corrected chi connectivity index (χ3v) is 5.55. The van der Waals surface area contributed by atoms with Gasteiger partial charge in [-0.05, 0) is 56.9 Å². The van der Waals surface area contributed by atoms with E-state index in [-0.39, 0.29) is 18.1 Å². The highest BCUT2D eigenvalue weighted by Gasteiger charge is 2.23. The summed E-state index contributed by atoms with van der Waals surface area (Å²) in [6, 6.07) is 5.41. The molecular weight excluding hydrogens is 414 g/mol. The molecule has 166 valence electrons. The first-order chi connectivity index (χ1) is 15.4. The molecule has 2 heterocycles. The number of hydrazone groups is 1. The van der Waals surface area contributed by atoms with Gasteiger partial charge in [0.25, 0.3) is 5.91 Å². The lowest BCUT2D eigenvalue weighted by molar-refractivity contribution is -0.386. The molecule has 0 fully saturated rings. The third kappa shape index (κ3) is 3.96. The fourth-order valence-corrected chi connectivity index (χ4v) is 3.99. The molecule has 3 aromatic rings. The van der Waals surface area contributed by atoms with Gasteiger partial charge in [0.05, 0.1) is 24.8 Å². The zero-order valence-corrected chi connectivity index (χ0v) is 18.0. The van der Waals surface area contributed by atoms with Crippen molar-refractivity contribution in [2.24, 2.45) is 5.10 Å². The molecule has 0 radical (unpaired) electrons. The second kappa shape index (κ2) is 8.61. The fourth-order valence-electron chi connectivity index (χ4n) is 3.99. The average molecular weight is 437 g/mol. The molecule has 0 aliphatic heterocycles. The Labute approximate surface area is 183 Å². The zero-order chi connectivity index (χ0) is 22.8. The second-order valence-electron chi connectivity index (χ2n) is 7.59. The Balaban J connectivity index is 1.51. The standard InChI is InChI=1S/C21H23N7O4/c1-12-20(28(30)31)13(2)27(26-12)11-15-9-14(7-8-18(15)32-3)10-22-25-21(29)19-16-5-4-6-17(16)23-24-19/h7-10H,4-6,11H2,1-3H3,(H,23,24)(H,25,29)/b22-10-. The first-order valence-electron chi connectivity index (χ1n) is 10.1. The Morgan fingerprint density at radius 1 is 1.41 bits per heavy atom. The number of rotatable bonds is 7. The summed E-state index contributed by atoms with van der Waals surface area (Å²) in [5.74, 6) is 0.262. The van der Waals surface area contributed by atoms with Crippen LogP contribution in [-0.2, 0) is 19.4 Å². The number of benzene rings is 1. The maximum atomic E-state index is 12.4. The van der Waals surface area contributed by atoms with Crippen molar-refractivity contribution in [3.63, 3.8) is 0 Å². The highest BCUT2D eigenvalue weighted by Crippen LogP contribution is 2.26. The molecule has 0 saturated heterocycles. The van der Waals surface area contributed by atoms with Gasteiger partial charge in [-0.25, -0.2) is 5.43 Å². The quantitative estimate of drug-likeness (QED) is 0.330. The number of hydrogen-bond acceptors (Lipinski definition) is 7. The van der Waals surface area contributed by atoms with Crippen LogP contribution in [0.4, 0.5) is 5.69 Å². The summed E-state index contributed by atoms with van der Waals surface area (Å²) in [5.41, 5.74) is 7.21. The number of H-pyrrole nitrogens is 1. The van der Waals surface area contributed by atoms with Crippen molar-refractivity contribution in [1.29, 1.82) is 0 Å². The van der Waals surface area contributed by atoms with Crippen LogP contribution in [0.15, 0.2) is 23.3 Å². The zero-order valence-electron chi connectivity index (χ0n) is 18.0. The Hall–Kier alpha value is -4.02. The fraction of sp³-hybridized carbons (Fsp3) is 0.333. The molecule has 0 saturated carbocycles. The van der Waals surface area contributed by atoms with Crippen LogP contribution in [0.2, 0.25) is 0 Å². The lowest BCUT2D eigenvalue weighted by Gasteiger charge is -2.10. The second-order valence-corrected chi connectivity index (χ2v) is 7.59. The van der Waals surface area contributed by atoms with E-state index in [0.29, 0.717) is 22.8 Å². The molecule has 0 spiro atoms. The number of aryl methyl sites for hydroxylation is 2. The number of ether oxygens (including phenoxy) is 1. The predicted octanol–water partition coefficient (Wildman–Crippen LogP) is 2.44. The molecule has 1 aromatic carbocycles. The summed E-state index contributed by atoms with van der Waals surface area (Å²) < 4.78 is 7.01. The first-order valence-corrected chi connectivity index (χ1v) is 10.1. The van der Waals surface area contributed by atoms with Crippen molar-refractivity contribution in [2.75, 3.05) is 7.11 Å². The lowest BCUT2D eigenvalue weighted by Crippen LogP contribution is -2.19. The molecule has 0 unspecified atom stereocenters. The summed E-state index contributed by atoms with van der Waals surface area (Å²) in [4.78, 5) is 23.2. The van der Waals surface area contributed by atoms with Gasteiger partial charge in [0.15, 0.2) is 5.69 Å². The molecule has 11 nitrogen and oxygen atoms in total. The molecule has 1 aliphatic rings. The number of nitrogens with one attached hydrogen (secondary N) is 2. The first kappa shape index (κ1) is 21.2. The molecule has 0 atom stereocenters. The minimum atomic E-state index is -0.425. The van der Waals surface area contributed by atoms with E-state index in [1.54, 1.807) is 37.8 Å². The van der Waals surface area contributed by atoms with E-state index in [1.165, 1.54) is 6.21 Å². The smallest absolute Gasteiger partial charge is 0.312 e. The highest BCUT2D eigenvalue weighted by molar-refractivity contribution is 5.94. The largest absolute Gasteiger partial charge is 0.496 e. The number of nitrogens with zero attached hydrogens (tertiary/aromatic N) is 5. The number of aromatic amines is 1. The number of carbonyl (C=O) groups excluding carboxylic acids is 1. The number of fused-ring (bicyclic) bond motifs is 1. The number of carbonyl (C=O) groups is 1. The van der Waals surface area contributed by atoms with Gasteiger partial charge < -0.3 is 4.74 Å². The van der Waals surface area contributed by atoms with Crippen LogP contribution < -0.4 is 10.2 Å². The van der Waals surface area contributed by atoms with E-state index in [9.17, 15) is 14.9 Å². The van der Waals surface area contributed by atoms with Crippen molar-refractivity contribution in [3.8, 4) is 5.75 Å². The van der Waals surface area contributed by atoms with Gasteiger partial charge in [-0.2, -0.15) is 15.3 Å². The predicted molar refractivity (Wildman–Crippen MR) is 116 cm³/mol. The van der Waals surface area contributed by atoms with Crippen LogP contribution >= 0.6 is 0 Å². The summed E-state index contributed by atoms with van der Waals surface area (Å²) in [5, 5.41) is 26.6. The molecule has 1 amide bonds. The number of hydrogen-bond donors (Lipinski definition) is 2. The summed E-state index contributed by atoms with van der Waals surface area (Å²) in [6.45, 7) is 3.56. The van der Waals surface area contributed by atoms with Crippen molar-refractivity contribution in [2.45, 2.75) is 39.7 Å². The lowest BCUT2D eigenvalue weighted by atomic mass is 10.1. The minimum Gasteiger partial charge on any atom is -0.496 e. The average Bonchev–Trinajstić information content (AvgIpc) is 3.43. The van der Waals surface area contributed by atoms with Gasteiger partial charge in [-0.15, -0.1) is 0 Å². The number of nitro groups is 1. The minimum absolute atomic E-state index is 0.00856. The van der Waals surface area contributed by atoms with Gasteiger partial charge in [-0.3, -0.25) is 24.7 Å². The van der Waals surface area contributed by atoms with E-state index in [0.717, 1.165) is 41.6 Å². The number of aromatic nitrogens is 4. The van der Waals surface area contributed by atoms with E-state index < -0.39 is 4.92 Å². The van der Waals surface area contributed by atoms with E-state index >= 15 is 0 Å². The summed E-state index contributed by atoms with van der Waals surface area (Å²) in [7, 11) is 1.55. The number of methoxy groups -OCH3 is 1. The van der Waals surface area contributed by atoms with Crippen molar-refractivity contribution < 1.29 is 14.5 Å². The van der Waals surface area contributed by atoms with Crippen LogP contribution in [-0.4, -0.2) is 44.1 Å². The third-order valence-electron chi connectivity index (χ3n) is 5.55. The Morgan fingerprint density at radius 2 is 2.22 bits per heavy atom. The Bertz CT molecular complexity index is 1230. The van der Waals surface area contributed by atoms with Gasteiger partial charge >= 0.3 is 5.69 Å². The van der Waals surface area contributed by atoms with Crippen LogP contribution in [0, 0.1) is 24.0 Å². The monoisotopic (exact) mass is 437 g/mol. The Morgan fingerprint density at radius 3 is 2.94 bits per heavy atom. The van der Waals surface area contributed by atoms with Gasteiger partial charge in [0, 0.05) is 16.8 Å². The van der Waals surface area contributed by atoms with Crippen LogP contribution in [0.25, 0.3) is 0 Å². The van der Waals surface area contributed by atoms with E-state index in [1.807, 2.05) is 6.07 Å². The molecule has 4 rings (SSSR count). The molecule has 32 heavy (non-hydrogen) atoms. The molecular formula is C21H23N7O4. The molecule has 2 N–H and O–H groups in total. The summed E-state index contributed by atoms with van der Waals surface area (Å²) in [6.07, 6.45) is 4.29. The van der Waals surface area contributed by atoms with Crippen LogP contribution in [0.3, 0.4) is 0 Å². The molecule has 1 aliphatic carbocycles. The van der Waals surface area contributed by atoms with E-state index in [4.69, 9.17) is 4.74 Å². The summed E-state index contributed by atoms with van der Waals surface area (Å²) >= 11 is 0. The molecule has 2 aromatic heterocycles. The van der Waals surface area contributed by atoms with Crippen LogP contribution in [0.1, 0.15) is 50.7 Å². The van der Waals surface area contributed by atoms with E-state index in [2.05, 4.69) is 25.8 Å². The topological polar surface area (TPSA) is 140 Å².